The Labute approximate surface area is 81.5 Å². The molecule has 0 amide bonds. The summed E-state index contributed by atoms with van der Waals surface area (Å²) in [6.45, 7) is 9.62. The third-order valence-corrected chi connectivity index (χ3v) is 2.40. The highest BCUT2D eigenvalue weighted by molar-refractivity contribution is 5.85. The number of nitrogens with one attached hydrogen (secondary N) is 1. The summed E-state index contributed by atoms with van der Waals surface area (Å²) in [6.07, 6.45) is 1.61. The molecule has 1 heterocycles. The fourth-order valence-corrected chi connectivity index (χ4v) is 1.66. The van der Waals surface area contributed by atoms with Crippen molar-refractivity contribution < 1.29 is 4.74 Å². The summed E-state index contributed by atoms with van der Waals surface area (Å²) in [7, 11) is 0. The van der Waals surface area contributed by atoms with Gasteiger partial charge in [-0.25, -0.2) is 0 Å². The second-order valence-electron chi connectivity index (χ2n) is 3.90. The predicted molar refractivity (Wildman–Crippen MR) is 53.9 cm³/mol. The average molecular weight is 194 g/mol. The van der Waals surface area contributed by atoms with Gasteiger partial charge in [0.25, 0.3) is 0 Å². The summed E-state index contributed by atoms with van der Waals surface area (Å²) in [5.74, 6) is 0. The number of ether oxygens (including phenoxy) is 1. The predicted octanol–water partition coefficient (Wildman–Crippen LogP) is 1.83. The normalized spacial score (nSPS) is 27.8. The van der Waals surface area contributed by atoms with E-state index in [1.807, 2.05) is 0 Å². The highest BCUT2D eigenvalue weighted by Gasteiger charge is 2.32. The number of hydrogen-bond donors (Lipinski definition) is 1. The molecule has 0 saturated carbocycles. The summed E-state index contributed by atoms with van der Waals surface area (Å²) in [5.41, 5.74) is 0.314. The van der Waals surface area contributed by atoms with Crippen molar-refractivity contribution in [3.63, 3.8) is 0 Å². The Balaban J connectivity index is 0.00000121. The summed E-state index contributed by atoms with van der Waals surface area (Å²) < 4.78 is 5.66. The largest absolute Gasteiger partial charge is 0.378 e. The molecule has 0 aromatic rings. The van der Waals surface area contributed by atoms with Crippen LogP contribution in [0.3, 0.4) is 0 Å². The van der Waals surface area contributed by atoms with Gasteiger partial charge in [-0.3, -0.25) is 0 Å². The number of halogens is 1. The van der Waals surface area contributed by atoms with Crippen LogP contribution >= 0.6 is 12.4 Å². The van der Waals surface area contributed by atoms with E-state index in [0.717, 1.165) is 26.1 Å². The molecular formula is C9H20ClNO. The molecular weight excluding hydrogens is 174 g/mol. The van der Waals surface area contributed by atoms with Crippen molar-refractivity contribution in [2.24, 2.45) is 5.41 Å². The van der Waals surface area contributed by atoms with E-state index in [2.05, 4.69) is 26.1 Å². The summed E-state index contributed by atoms with van der Waals surface area (Å²) in [4.78, 5) is 0. The van der Waals surface area contributed by atoms with Gasteiger partial charge in [0.2, 0.25) is 0 Å². The number of piperidine rings is 1. The Kier molecular flexibility index (Phi) is 5.14. The maximum atomic E-state index is 5.66. The Bertz CT molecular complexity index is 126. The van der Waals surface area contributed by atoms with Crippen molar-refractivity contribution in [1.82, 2.24) is 5.32 Å². The zero-order chi connectivity index (χ0) is 8.32. The van der Waals surface area contributed by atoms with Crippen LogP contribution in [0, 0.1) is 5.41 Å². The van der Waals surface area contributed by atoms with Crippen LogP contribution in [0.15, 0.2) is 0 Å². The molecule has 1 N–H and O–H groups in total. The summed E-state index contributed by atoms with van der Waals surface area (Å²) in [5, 5.41) is 3.38. The van der Waals surface area contributed by atoms with Gasteiger partial charge >= 0.3 is 0 Å². The van der Waals surface area contributed by atoms with Gasteiger partial charge in [-0.2, -0.15) is 0 Å². The van der Waals surface area contributed by atoms with E-state index in [4.69, 9.17) is 4.74 Å². The molecule has 0 aromatic heterocycles. The molecule has 1 atom stereocenters. The van der Waals surface area contributed by atoms with E-state index in [1.54, 1.807) is 0 Å². The molecule has 1 rings (SSSR count). The van der Waals surface area contributed by atoms with Crippen LogP contribution in [0.25, 0.3) is 0 Å². The van der Waals surface area contributed by atoms with E-state index in [-0.39, 0.29) is 12.4 Å². The van der Waals surface area contributed by atoms with Gasteiger partial charge in [0.15, 0.2) is 0 Å². The molecule has 1 fully saturated rings. The Morgan fingerprint density at radius 1 is 1.50 bits per heavy atom. The first kappa shape index (κ1) is 12.2. The van der Waals surface area contributed by atoms with Gasteiger partial charge in [0.05, 0.1) is 6.10 Å². The molecule has 1 aliphatic heterocycles. The van der Waals surface area contributed by atoms with Gasteiger partial charge in [0, 0.05) is 18.6 Å². The van der Waals surface area contributed by atoms with E-state index in [1.165, 1.54) is 0 Å². The average Bonchev–Trinajstić information content (AvgIpc) is 1.94. The van der Waals surface area contributed by atoms with Crippen molar-refractivity contribution in [2.45, 2.75) is 33.3 Å². The van der Waals surface area contributed by atoms with Crippen LogP contribution in [0.5, 0.6) is 0 Å². The lowest BCUT2D eigenvalue weighted by Crippen LogP contribution is -2.47. The molecule has 0 unspecified atom stereocenters. The van der Waals surface area contributed by atoms with Crippen molar-refractivity contribution in [1.29, 1.82) is 0 Å². The van der Waals surface area contributed by atoms with Crippen LogP contribution in [0.4, 0.5) is 0 Å². The molecule has 0 radical (unpaired) electrons. The van der Waals surface area contributed by atoms with E-state index >= 15 is 0 Å². The molecule has 0 aromatic carbocycles. The first-order valence-corrected chi connectivity index (χ1v) is 4.49. The maximum absolute atomic E-state index is 5.66. The third-order valence-electron chi connectivity index (χ3n) is 2.40. The van der Waals surface area contributed by atoms with E-state index in [0.29, 0.717) is 11.5 Å². The van der Waals surface area contributed by atoms with Crippen molar-refractivity contribution in [3.05, 3.63) is 0 Å². The second kappa shape index (κ2) is 5.05. The summed E-state index contributed by atoms with van der Waals surface area (Å²) in [6, 6.07) is 0. The highest BCUT2D eigenvalue weighted by atomic mass is 35.5. The smallest absolute Gasteiger partial charge is 0.0650 e. The molecule has 12 heavy (non-hydrogen) atoms. The first-order valence-electron chi connectivity index (χ1n) is 4.49. The lowest BCUT2D eigenvalue weighted by atomic mass is 9.82. The highest BCUT2D eigenvalue weighted by Crippen LogP contribution is 2.27. The molecule has 3 heteroatoms. The van der Waals surface area contributed by atoms with Crippen LogP contribution in [-0.2, 0) is 4.74 Å². The van der Waals surface area contributed by atoms with Crippen LogP contribution in [-0.4, -0.2) is 25.8 Å². The van der Waals surface area contributed by atoms with Crippen molar-refractivity contribution >= 4 is 12.4 Å². The van der Waals surface area contributed by atoms with Gasteiger partial charge < -0.3 is 10.1 Å². The standard InChI is InChI=1S/C9H19NO.ClH/c1-4-11-8-5-6-10-7-9(8,2)3;/h8,10H,4-7H2,1-3H3;1H/t8-;/m1./s1. The quantitative estimate of drug-likeness (QED) is 0.723. The Morgan fingerprint density at radius 3 is 2.67 bits per heavy atom. The molecule has 0 spiro atoms. The van der Waals surface area contributed by atoms with E-state index in [9.17, 15) is 0 Å². The molecule has 2 nitrogen and oxygen atoms in total. The van der Waals surface area contributed by atoms with Crippen LogP contribution in [0.1, 0.15) is 27.2 Å². The second-order valence-corrected chi connectivity index (χ2v) is 3.90. The third kappa shape index (κ3) is 2.92. The topological polar surface area (TPSA) is 21.3 Å². The zero-order valence-corrected chi connectivity index (χ0v) is 9.04. The molecule has 0 bridgehead atoms. The van der Waals surface area contributed by atoms with Gasteiger partial charge in [-0.1, -0.05) is 13.8 Å². The Morgan fingerprint density at radius 2 is 2.17 bits per heavy atom. The van der Waals surface area contributed by atoms with Crippen LogP contribution < -0.4 is 5.32 Å². The Hall–Kier alpha value is 0.210. The zero-order valence-electron chi connectivity index (χ0n) is 8.22. The number of rotatable bonds is 2. The first-order chi connectivity index (χ1) is 5.17. The van der Waals surface area contributed by atoms with Crippen LogP contribution in [0.2, 0.25) is 0 Å². The van der Waals surface area contributed by atoms with Gasteiger partial charge in [-0.15, -0.1) is 12.4 Å². The van der Waals surface area contributed by atoms with Gasteiger partial charge in [0.1, 0.15) is 0 Å². The lowest BCUT2D eigenvalue weighted by molar-refractivity contribution is -0.0372. The minimum Gasteiger partial charge on any atom is -0.378 e. The minimum atomic E-state index is 0. The molecule has 0 aliphatic carbocycles. The molecule has 1 aliphatic rings. The summed E-state index contributed by atoms with van der Waals surface area (Å²) >= 11 is 0. The van der Waals surface area contributed by atoms with E-state index < -0.39 is 0 Å². The molecule has 1 saturated heterocycles. The van der Waals surface area contributed by atoms with Gasteiger partial charge in [-0.05, 0) is 19.9 Å². The fraction of sp³-hybridized carbons (Fsp3) is 1.00. The number of hydrogen-bond acceptors (Lipinski definition) is 2. The molecule has 74 valence electrons. The lowest BCUT2D eigenvalue weighted by Gasteiger charge is -2.38. The SMILES string of the molecule is CCO[C@@H]1CCNCC1(C)C.Cl. The maximum Gasteiger partial charge on any atom is 0.0650 e. The monoisotopic (exact) mass is 193 g/mol. The van der Waals surface area contributed by atoms with Crippen molar-refractivity contribution in [3.8, 4) is 0 Å². The van der Waals surface area contributed by atoms with Crippen molar-refractivity contribution in [2.75, 3.05) is 19.7 Å². The fourth-order valence-electron chi connectivity index (χ4n) is 1.66. The minimum absolute atomic E-state index is 0.